The Hall–Kier alpha value is -1.76. The lowest BCUT2D eigenvalue weighted by Gasteiger charge is -2.16. The molecule has 17 heavy (non-hydrogen) atoms. The van der Waals surface area contributed by atoms with E-state index in [0.29, 0.717) is 6.04 Å². The van der Waals surface area contributed by atoms with Gasteiger partial charge in [0.1, 0.15) is 0 Å². The summed E-state index contributed by atoms with van der Waals surface area (Å²) in [6, 6.07) is 17.3. The topological polar surface area (TPSA) is 12.0 Å². The molecule has 0 saturated carbocycles. The van der Waals surface area contributed by atoms with Crippen molar-refractivity contribution in [1.82, 2.24) is 0 Å². The van der Waals surface area contributed by atoms with Crippen LogP contribution in [0.5, 0.6) is 0 Å². The lowest BCUT2D eigenvalue weighted by Crippen LogP contribution is -2.06. The zero-order chi connectivity index (χ0) is 12.3. The quantitative estimate of drug-likeness (QED) is 0.812. The first-order valence-electron chi connectivity index (χ1n) is 6.05. The van der Waals surface area contributed by atoms with Crippen molar-refractivity contribution in [3.8, 4) is 0 Å². The molecular formula is C16H19N. The smallest absolute Gasteiger partial charge is 0.0485 e. The molecule has 0 aliphatic carbocycles. The summed E-state index contributed by atoms with van der Waals surface area (Å²) < 4.78 is 0. The minimum Gasteiger partial charge on any atom is -0.379 e. The maximum absolute atomic E-state index is 3.50. The third-order valence-electron chi connectivity index (χ3n) is 3.19. The second-order valence-electron chi connectivity index (χ2n) is 4.58. The lowest BCUT2D eigenvalue weighted by atomic mass is 10.0. The highest BCUT2D eigenvalue weighted by Crippen LogP contribution is 2.21. The molecule has 0 aliphatic rings. The van der Waals surface area contributed by atoms with Gasteiger partial charge in [-0.2, -0.15) is 0 Å². The van der Waals surface area contributed by atoms with Gasteiger partial charge in [0.15, 0.2) is 0 Å². The van der Waals surface area contributed by atoms with Crippen LogP contribution in [0.25, 0.3) is 0 Å². The molecule has 1 nitrogen and oxygen atoms in total. The van der Waals surface area contributed by atoms with Gasteiger partial charge in [-0.25, -0.2) is 0 Å². The first-order chi connectivity index (χ1) is 8.16. The minimum atomic E-state index is 0.330. The van der Waals surface area contributed by atoms with Gasteiger partial charge in [0.05, 0.1) is 0 Å². The Morgan fingerprint density at radius 2 is 1.59 bits per heavy atom. The van der Waals surface area contributed by atoms with E-state index in [4.69, 9.17) is 0 Å². The van der Waals surface area contributed by atoms with Crippen molar-refractivity contribution in [3.63, 3.8) is 0 Å². The predicted molar refractivity (Wildman–Crippen MR) is 74.4 cm³/mol. The van der Waals surface area contributed by atoms with E-state index in [-0.39, 0.29) is 0 Å². The summed E-state index contributed by atoms with van der Waals surface area (Å²) in [7, 11) is 0. The molecule has 2 rings (SSSR count). The molecule has 0 fully saturated rings. The summed E-state index contributed by atoms with van der Waals surface area (Å²) >= 11 is 0. The Bertz CT molecular complexity index is 488. The number of anilines is 1. The molecule has 0 heterocycles. The van der Waals surface area contributed by atoms with Gasteiger partial charge >= 0.3 is 0 Å². The fourth-order valence-corrected chi connectivity index (χ4v) is 1.90. The van der Waals surface area contributed by atoms with Gasteiger partial charge in [0, 0.05) is 11.7 Å². The molecule has 1 atom stereocenters. The average molecular weight is 225 g/mol. The molecule has 0 unspecified atom stereocenters. The Morgan fingerprint density at radius 1 is 0.882 bits per heavy atom. The van der Waals surface area contributed by atoms with Crippen LogP contribution in [-0.4, -0.2) is 0 Å². The van der Waals surface area contributed by atoms with Gasteiger partial charge in [0.25, 0.3) is 0 Å². The molecule has 2 aromatic rings. The third-order valence-corrected chi connectivity index (χ3v) is 3.19. The first-order valence-corrected chi connectivity index (χ1v) is 6.05. The summed E-state index contributed by atoms with van der Waals surface area (Å²) in [6.45, 7) is 6.50. The molecule has 0 radical (unpaired) electrons. The van der Waals surface area contributed by atoms with Crippen LogP contribution in [0.3, 0.4) is 0 Å². The summed E-state index contributed by atoms with van der Waals surface area (Å²) in [5.74, 6) is 0. The number of benzene rings is 2. The van der Waals surface area contributed by atoms with Crippen molar-refractivity contribution >= 4 is 5.69 Å². The molecule has 0 aliphatic heterocycles. The Balaban J connectivity index is 2.14. The van der Waals surface area contributed by atoms with E-state index in [1.165, 1.54) is 22.4 Å². The zero-order valence-corrected chi connectivity index (χ0v) is 10.7. The van der Waals surface area contributed by atoms with E-state index >= 15 is 0 Å². The van der Waals surface area contributed by atoms with Gasteiger partial charge in [-0.05, 0) is 49.6 Å². The van der Waals surface area contributed by atoms with Crippen molar-refractivity contribution in [2.45, 2.75) is 26.8 Å². The molecule has 0 amide bonds. The van der Waals surface area contributed by atoms with E-state index < -0.39 is 0 Å². The lowest BCUT2D eigenvalue weighted by molar-refractivity contribution is 0.882. The van der Waals surface area contributed by atoms with Gasteiger partial charge in [-0.1, -0.05) is 36.4 Å². The van der Waals surface area contributed by atoms with Crippen LogP contribution >= 0.6 is 0 Å². The van der Waals surface area contributed by atoms with Crippen LogP contribution < -0.4 is 5.32 Å². The standard InChI is InChI=1S/C16H19N/c1-12-9-10-15(11-13(12)2)14(3)17-16-7-5-4-6-8-16/h4-11,14,17H,1-3H3/t14-/m1/s1. The molecule has 0 spiro atoms. The third kappa shape index (κ3) is 2.88. The summed E-state index contributed by atoms with van der Waals surface area (Å²) in [4.78, 5) is 0. The Kier molecular flexibility index (Phi) is 3.48. The highest BCUT2D eigenvalue weighted by Gasteiger charge is 2.05. The molecule has 0 aromatic heterocycles. The molecule has 2 aromatic carbocycles. The molecule has 1 N–H and O–H groups in total. The molecule has 0 saturated heterocycles. The number of hydrogen-bond donors (Lipinski definition) is 1. The zero-order valence-electron chi connectivity index (χ0n) is 10.7. The van der Waals surface area contributed by atoms with E-state index in [9.17, 15) is 0 Å². The monoisotopic (exact) mass is 225 g/mol. The van der Waals surface area contributed by atoms with Gasteiger partial charge in [0.2, 0.25) is 0 Å². The summed E-state index contributed by atoms with van der Waals surface area (Å²) in [5, 5.41) is 3.50. The van der Waals surface area contributed by atoms with Crippen molar-refractivity contribution in [3.05, 3.63) is 65.2 Å². The molecule has 88 valence electrons. The predicted octanol–water partition coefficient (Wildman–Crippen LogP) is 4.48. The Labute approximate surface area is 103 Å². The molecule has 1 heteroatoms. The highest BCUT2D eigenvalue weighted by atomic mass is 14.9. The average Bonchev–Trinajstić information content (AvgIpc) is 2.34. The number of rotatable bonds is 3. The van der Waals surface area contributed by atoms with E-state index in [1.54, 1.807) is 0 Å². The van der Waals surface area contributed by atoms with Crippen LogP contribution in [0, 0.1) is 13.8 Å². The number of nitrogens with one attached hydrogen (secondary N) is 1. The van der Waals surface area contributed by atoms with Crippen molar-refractivity contribution in [1.29, 1.82) is 0 Å². The first kappa shape index (κ1) is 11.7. The largest absolute Gasteiger partial charge is 0.379 e. The maximum Gasteiger partial charge on any atom is 0.0485 e. The van der Waals surface area contributed by atoms with Crippen LogP contribution in [0.1, 0.15) is 29.7 Å². The summed E-state index contributed by atoms with van der Waals surface area (Å²) in [5.41, 5.74) is 5.19. The fraction of sp³-hybridized carbons (Fsp3) is 0.250. The van der Waals surface area contributed by atoms with Crippen LogP contribution in [0.2, 0.25) is 0 Å². The van der Waals surface area contributed by atoms with E-state index in [1.807, 2.05) is 6.07 Å². The van der Waals surface area contributed by atoms with Crippen molar-refractivity contribution in [2.24, 2.45) is 0 Å². The second-order valence-corrected chi connectivity index (χ2v) is 4.58. The van der Waals surface area contributed by atoms with Gasteiger partial charge in [-0.15, -0.1) is 0 Å². The fourth-order valence-electron chi connectivity index (χ4n) is 1.90. The number of hydrogen-bond acceptors (Lipinski definition) is 1. The summed E-state index contributed by atoms with van der Waals surface area (Å²) in [6.07, 6.45) is 0. The van der Waals surface area contributed by atoms with Gasteiger partial charge < -0.3 is 5.32 Å². The van der Waals surface area contributed by atoms with Crippen LogP contribution in [-0.2, 0) is 0 Å². The van der Waals surface area contributed by atoms with Crippen LogP contribution in [0.15, 0.2) is 48.5 Å². The number of aryl methyl sites for hydroxylation is 2. The normalized spacial score (nSPS) is 12.2. The minimum absolute atomic E-state index is 0.330. The highest BCUT2D eigenvalue weighted by molar-refractivity contribution is 5.45. The van der Waals surface area contributed by atoms with Crippen LogP contribution in [0.4, 0.5) is 5.69 Å². The van der Waals surface area contributed by atoms with E-state index in [0.717, 1.165) is 0 Å². The maximum atomic E-state index is 3.50. The van der Waals surface area contributed by atoms with Crippen molar-refractivity contribution < 1.29 is 0 Å². The number of para-hydroxylation sites is 1. The van der Waals surface area contributed by atoms with Gasteiger partial charge in [-0.3, -0.25) is 0 Å². The van der Waals surface area contributed by atoms with Crippen molar-refractivity contribution in [2.75, 3.05) is 5.32 Å². The second kappa shape index (κ2) is 5.05. The van der Waals surface area contributed by atoms with E-state index in [2.05, 4.69) is 68.6 Å². The SMILES string of the molecule is Cc1ccc([C@@H](C)Nc2ccccc2)cc1C. The Morgan fingerprint density at radius 3 is 2.24 bits per heavy atom. The molecular weight excluding hydrogens is 206 g/mol. The molecule has 0 bridgehead atoms.